The van der Waals surface area contributed by atoms with Gasteiger partial charge in [0.2, 0.25) is 0 Å². The van der Waals surface area contributed by atoms with E-state index in [2.05, 4.69) is 286 Å². The maximum absolute atomic E-state index is 6.98. The molecule has 78 heavy (non-hydrogen) atoms. The Balaban J connectivity index is 0.787. The van der Waals surface area contributed by atoms with Crippen molar-refractivity contribution in [1.82, 2.24) is 9.13 Å². The number of para-hydroxylation sites is 8. The first kappa shape index (κ1) is 44.0. The normalized spacial score (nSPS) is 12.6. The van der Waals surface area contributed by atoms with Crippen LogP contribution in [0.1, 0.15) is 17.7 Å². The number of benzene rings is 11. The van der Waals surface area contributed by atoms with Crippen molar-refractivity contribution in [3.8, 4) is 16.8 Å². The van der Waals surface area contributed by atoms with Gasteiger partial charge in [-0.15, -0.1) is 0 Å². The van der Waals surface area contributed by atoms with E-state index < -0.39 is 0 Å². The van der Waals surface area contributed by atoms with Crippen LogP contribution in [0.5, 0.6) is 0 Å². The lowest BCUT2D eigenvalue weighted by Crippen LogP contribution is -2.09. The van der Waals surface area contributed by atoms with E-state index in [0.717, 1.165) is 119 Å². The molecule has 0 radical (unpaired) electrons. The van der Waals surface area contributed by atoms with E-state index in [9.17, 15) is 0 Å². The van der Waals surface area contributed by atoms with Crippen LogP contribution in [0.15, 0.2) is 270 Å². The fourth-order valence-corrected chi connectivity index (χ4v) is 12.5. The zero-order chi connectivity index (χ0) is 51.3. The molecule has 0 amide bonds. The van der Waals surface area contributed by atoms with Gasteiger partial charge in [0.05, 0.1) is 22.1 Å². The first-order chi connectivity index (χ1) is 38.7. The van der Waals surface area contributed by atoms with Gasteiger partial charge in [-0.25, -0.2) is 0 Å². The summed E-state index contributed by atoms with van der Waals surface area (Å²) in [5.74, 6) is 1.01. The Hall–Kier alpha value is -10.3. The molecule has 0 bridgehead atoms. The van der Waals surface area contributed by atoms with E-state index >= 15 is 0 Å². The quantitative estimate of drug-likeness (QED) is 0.145. The zero-order valence-corrected chi connectivity index (χ0v) is 42.4. The van der Waals surface area contributed by atoms with Crippen molar-refractivity contribution in [1.29, 1.82) is 0 Å². The number of aromatic nitrogens is 2. The number of rotatable bonds is 9. The second-order valence-corrected chi connectivity index (χ2v) is 20.3. The topological polar surface area (TPSA) is 42.6 Å². The maximum atomic E-state index is 6.98. The van der Waals surface area contributed by atoms with Crippen LogP contribution in [0.2, 0.25) is 0 Å². The summed E-state index contributed by atoms with van der Waals surface area (Å²) in [7, 11) is 0. The first-order valence-electron chi connectivity index (χ1n) is 26.8. The van der Waals surface area contributed by atoms with Crippen molar-refractivity contribution < 1.29 is 8.83 Å². The smallest absolute Gasteiger partial charge is 0.143 e. The molecule has 0 N–H and O–H groups in total. The van der Waals surface area contributed by atoms with Gasteiger partial charge in [-0.2, -0.15) is 0 Å². The average molecular weight is 1000 g/mol. The molecular formula is C72H48N4O2. The third-order valence-corrected chi connectivity index (χ3v) is 16.0. The molecule has 0 unspecified atom stereocenters. The Bertz CT molecular complexity index is 4770. The van der Waals surface area contributed by atoms with E-state index in [1.165, 1.54) is 38.3 Å². The number of fused-ring (bicyclic) bond motifs is 12. The Morgan fingerprint density at radius 2 is 0.769 bits per heavy atom. The highest BCUT2D eigenvalue weighted by Crippen LogP contribution is 2.47. The zero-order valence-electron chi connectivity index (χ0n) is 42.4. The SMILES string of the molecule is C1=C(n2c3ccccc3c3cc(N(c4ccccc4)c4ccccc4)ccc32)CCc2oc3c(-c4cccc5c4oc4ccc(-n6c7ccccc7c7cc(N(c8ccccc8)c8ccccc8)ccc76)cc45)cccc3c21. The van der Waals surface area contributed by atoms with Crippen LogP contribution in [0, 0.1) is 0 Å². The second kappa shape index (κ2) is 17.7. The number of aryl methyl sites for hydroxylation is 1. The predicted molar refractivity (Wildman–Crippen MR) is 325 cm³/mol. The molecule has 0 saturated heterocycles. The van der Waals surface area contributed by atoms with E-state index in [4.69, 9.17) is 8.83 Å². The lowest BCUT2D eigenvalue weighted by atomic mass is 9.96. The summed E-state index contributed by atoms with van der Waals surface area (Å²) in [6.07, 6.45) is 4.00. The highest BCUT2D eigenvalue weighted by atomic mass is 16.3. The molecule has 368 valence electrons. The van der Waals surface area contributed by atoms with E-state index in [1.807, 2.05) is 0 Å². The van der Waals surface area contributed by atoms with Gasteiger partial charge in [0.25, 0.3) is 0 Å². The third-order valence-electron chi connectivity index (χ3n) is 16.0. The van der Waals surface area contributed by atoms with E-state index in [1.54, 1.807) is 0 Å². The second-order valence-electron chi connectivity index (χ2n) is 20.3. The van der Waals surface area contributed by atoms with Crippen LogP contribution in [0.25, 0.3) is 105 Å². The molecule has 1 aliphatic rings. The summed E-state index contributed by atoms with van der Waals surface area (Å²) in [6, 6.07) is 93.4. The molecular weight excluding hydrogens is 953 g/mol. The molecule has 6 heteroatoms. The highest BCUT2D eigenvalue weighted by Gasteiger charge is 2.26. The van der Waals surface area contributed by atoms with Gasteiger partial charge in [-0.1, -0.05) is 146 Å². The standard InChI is InChI=1S/C72H48N4O2/c1-5-19-47(20-6-1)73(48-21-7-2-8-22-48)51-35-39-67-61(43-51)55-27-13-15-33-65(55)75(67)53-37-41-69-63(45-53)59-31-17-29-57(71(59)77-69)58-30-18-32-60-64-46-54(38-42-70(64)78-72(58)60)76-66-34-16-14-28-56(66)62-44-52(36-40-68(62)76)74(49-23-9-3-10-24-49)50-25-11-4-12-26-50/h1-37,39-41,43-46H,38,42H2. The lowest BCUT2D eigenvalue weighted by molar-refractivity contribution is 0.547. The number of hydrogen-bond acceptors (Lipinski definition) is 4. The summed E-state index contributed by atoms with van der Waals surface area (Å²) in [5, 5.41) is 8.07. The van der Waals surface area contributed by atoms with Crippen LogP contribution in [-0.4, -0.2) is 9.13 Å². The fraction of sp³-hybridized carbons (Fsp3) is 0.0278. The Kier molecular flexibility index (Phi) is 9.97. The summed E-state index contributed by atoms with van der Waals surface area (Å²) >= 11 is 0. The van der Waals surface area contributed by atoms with Crippen LogP contribution in [-0.2, 0) is 6.42 Å². The summed E-state index contributed by atoms with van der Waals surface area (Å²) in [5.41, 5.74) is 19.4. The fourth-order valence-electron chi connectivity index (χ4n) is 12.5. The number of furan rings is 2. The van der Waals surface area contributed by atoms with Crippen molar-refractivity contribution in [3.05, 3.63) is 272 Å². The van der Waals surface area contributed by atoms with Gasteiger partial charge in [0.15, 0.2) is 0 Å². The number of allylic oxidation sites excluding steroid dienone is 1. The van der Waals surface area contributed by atoms with Crippen molar-refractivity contribution >= 4 is 122 Å². The molecule has 0 saturated carbocycles. The number of anilines is 6. The van der Waals surface area contributed by atoms with E-state index in [-0.39, 0.29) is 0 Å². The molecule has 0 spiro atoms. The predicted octanol–water partition coefficient (Wildman–Crippen LogP) is 20.1. The molecule has 4 aromatic heterocycles. The van der Waals surface area contributed by atoms with Gasteiger partial charge < -0.3 is 27.8 Å². The molecule has 6 nitrogen and oxygen atoms in total. The monoisotopic (exact) mass is 1000 g/mol. The minimum atomic E-state index is 0.789. The molecule has 0 atom stereocenters. The summed E-state index contributed by atoms with van der Waals surface area (Å²) in [4.78, 5) is 4.67. The van der Waals surface area contributed by atoms with Crippen LogP contribution >= 0.6 is 0 Å². The maximum Gasteiger partial charge on any atom is 0.143 e. The summed E-state index contributed by atoms with van der Waals surface area (Å²) < 4.78 is 18.8. The molecule has 11 aromatic carbocycles. The van der Waals surface area contributed by atoms with Gasteiger partial charge >= 0.3 is 0 Å². The van der Waals surface area contributed by atoms with Crippen LogP contribution in [0.4, 0.5) is 34.1 Å². The molecule has 1 aliphatic carbocycles. The minimum Gasteiger partial charge on any atom is -0.460 e. The van der Waals surface area contributed by atoms with Gasteiger partial charge in [-0.3, -0.25) is 0 Å². The number of nitrogens with zero attached hydrogens (tertiary/aromatic N) is 4. The largest absolute Gasteiger partial charge is 0.460 e. The summed E-state index contributed by atoms with van der Waals surface area (Å²) in [6.45, 7) is 0. The highest BCUT2D eigenvalue weighted by molar-refractivity contribution is 6.16. The van der Waals surface area contributed by atoms with Crippen molar-refractivity contribution in [2.45, 2.75) is 12.8 Å². The van der Waals surface area contributed by atoms with Gasteiger partial charge in [0.1, 0.15) is 22.5 Å². The Labute approximate surface area is 449 Å². The Morgan fingerprint density at radius 3 is 1.33 bits per heavy atom. The van der Waals surface area contributed by atoms with Gasteiger partial charge in [-0.05, 0) is 128 Å². The van der Waals surface area contributed by atoms with Crippen molar-refractivity contribution in [2.24, 2.45) is 0 Å². The third kappa shape index (κ3) is 6.90. The number of hydrogen-bond donors (Lipinski definition) is 0. The minimum absolute atomic E-state index is 0.789. The Morgan fingerprint density at radius 1 is 0.308 bits per heavy atom. The van der Waals surface area contributed by atoms with Crippen LogP contribution < -0.4 is 9.80 Å². The van der Waals surface area contributed by atoms with Gasteiger partial charge in [0, 0.05) is 106 Å². The molecule has 4 heterocycles. The van der Waals surface area contributed by atoms with Crippen molar-refractivity contribution in [2.75, 3.05) is 9.80 Å². The first-order valence-corrected chi connectivity index (χ1v) is 26.8. The molecule has 15 aromatic rings. The molecule has 0 aliphatic heterocycles. The van der Waals surface area contributed by atoms with E-state index in [0.29, 0.717) is 0 Å². The van der Waals surface area contributed by atoms with Crippen LogP contribution in [0.3, 0.4) is 0 Å². The average Bonchev–Trinajstić information content (AvgIpc) is 4.46. The lowest BCUT2D eigenvalue weighted by Gasteiger charge is -2.25. The van der Waals surface area contributed by atoms with Crippen molar-refractivity contribution in [3.63, 3.8) is 0 Å². The molecule has 0 fully saturated rings. The molecule has 16 rings (SSSR count).